The number of anilines is 1. The maximum Gasteiger partial charge on any atom is 0.407 e. The number of carbonyl (C=O) groups is 1. The van der Waals surface area contributed by atoms with E-state index in [2.05, 4.69) is 22.9 Å². The molecule has 216 valence electrons. The van der Waals surface area contributed by atoms with Crippen LogP contribution in [0.25, 0.3) is 0 Å². The molecule has 2 aliphatic heterocycles. The van der Waals surface area contributed by atoms with E-state index in [-0.39, 0.29) is 17.3 Å². The Kier molecular flexibility index (Phi) is 7.56. The van der Waals surface area contributed by atoms with Gasteiger partial charge in [0.15, 0.2) is 0 Å². The van der Waals surface area contributed by atoms with E-state index in [1.54, 1.807) is 13.2 Å². The Morgan fingerprint density at radius 1 is 1.10 bits per heavy atom. The third-order valence-electron chi connectivity index (χ3n) is 9.65. The smallest absolute Gasteiger partial charge is 0.407 e. The summed E-state index contributed by atoms with van der Waals surface area (Å²) in [6, 6.07) is 5.94. The Labute approximate surface area is 235 Å². The number of methoxy groups -OCH3 is 1. The van der Waals surface area contributed by atoms with Crippen molar-refractivity contribution in [1.82, 2.24) is 19.8 Å². The molecule has 1 aromatic carbocycles. The summed E-state index contributed by atoms with van der Waals surface area (Å²) in [5.41, 5.74) is 4.20. The van der Waals surface area contributed by atoms with Crippen LogP contribution in [-0.2, 0) is 30.4 Å². The van der Waals surface area contributed by atoms with Gasteiger partial charge in [-0.3, -0.25) is 4.90 Å². The van der Waals surface area contributed by atoms with Gasteiger partial charge in [-0.15, -0.1) is 0 Å². The van der Waals surface area contributed by atoms with Crippen LogP contribution in [0.4, 0.5) is 15.0 Å². The fraction of sp³-hybridized carbons (Fsp3) is 0.633. The lowest BCUT2D eigenvalue weighted by atomic mass is 9.63. The first-order chi connectivity index (χ1) is 19.4. The van der Waals surface area contributed by atoms with Crippen molar-refractivity contribution in [2.45, 2.75) is 63.5 Å². The van der Waals surface area contributed by atoms with Crippen LogP contribution in [0.1, 0.15) is 48.1 Å². The van der Waals surface area contributed by atoms with E-state index in [1.807, 2.05) is 6.07 Å². The number of nitrogens with zero attached hydrogens (tertiary/aromatic N) is 5. The molecule has 40 heavy (non-hydrogen) atoms. The standard InChI is InChI=1S/C30H40FN5O4/c1-34-12-4-6-21(34)19-40-28-32-26-16-30(10-8-23-20(15-30)5-3-7-25(23)31)11-9-24(26)27(33-28)35-13-14-36(29(37)38)22(17-35)18-39-2/h3,5,7,21-22H,4,6,8-19H2,1-2H3,(H,37,38)/t21-,22+,30-/m0/s1. The monoisotopic (exact) mass is 553 g/mol. The van der Waals surface area contributed by atoms with Crippen molar-refractivity contribution in [3.05, 3.63) is 46.4 Å². The number of halogens is 1. The van der Waals surface area contributed by atoms with Gasteiger partial charge in [0.05, 0.1) is 18.3 Å². The minimum atomic E-state index is -0.924. The van der Waals surface area contributed by atoms with Crippen molar-refractivity contribution in [1.29, 1.82) is 0 Å². The second-order valence-electron chi connectivity index (χ2n) is 12.1. The van der Waals surface area contributed by atoms with E-state index >= 15 is 0 Å². The van der Waals surface area contributed by atoms with Crippen molar-refractivity contribution in [2.24, 2.45) is 5.41 Å². The van der Waals surface area contributed by atoms with E-state index in [9.17, 15) is 14.3 Å². The Balaban J connectivity index is 1.30. The minimum Gasteiger partial charge on any atom is -0.465 e. The Morgan fingerprint density at radius 2 is 1.93 bits per heavy atom. The maximum atomic E-state index is 14.5. The summed E-state index contributed by atoms with van der Waals surface area (Å²) in [4.78, 5) is 27.8. The molecule has 9 nitrogen and oxygen atoms in total. The SMILES string of the molecule is COC[C@H]1CN(c2nc(OC[C@@H]3CCCN3C)nc3c2CC[C@]2(CCc4c(F)cccc4C2)C3)CCN1C(=O)O. The van der Waals surface area contributed by atoms with E-state index < -0.39 is 6.09 Å². The molecule has 0 bridgehead atoms. The van der Waals surface area contributed by atoms with E-state index in [1.165, 1.54) is 11.3 Å². The van der Waals surface area contributed by atoms with E-state index in [4.69, 9.17) is 19.4 Å². The molecule has 1 amide bonds. The van der Waals surface area contributed by atoms with Gasteiger partial charge in [-0.05, 0) is 87.6 Å². The molecule has 1 aromatic heterocycles. The molecule has 0 unspecified atom stereocenters. The highest BCUT2D eigenvalue weighted by Gasteiger charge is 2.41. The largest absolute Gasteiger partial charge is 0.465 e. The van der Waals surface area contributed by atoms with Gasteiger partial charge in [0.1, 0.15) is 18.2 Å². The zero-order valence-corrected chi connectivity index (χ0v) is 23.6. The molecule has 0 saturated carbocycles. The summed E-state index contributed by atoms with van der Waals surface area (Å²) in [7, 11) is 3.73. The van der Waals surface area contributed by atoms with Gasteiger partial charge in [-0.1, -0.05) is 12.1 Å². The third kappa shape index (κ3) is 5.23. The molecule has 1 spiro atoms. The van der Waals surface area contributed by atoms with Crippen molar-refractivity contribution < 1.29 is 23.8 Å². The Bertz CT molecular complexity index is 1260. The van der Waals surface area contributed by atoms with Gasteiger partial charge in [0.2, 0.25) is 0 Å². The van der Waals surface area contributed by atoms with Gasteiger partial charge >= 0.3 is 12.1 Å². The van der Waals surface area contributed by atoms with Gasteiger partial charge in [-0.2, -0.15) is 9.97 Å². The Morgan fingerprint density at radius 3 is 2.67 bits per heavy atom. The first-order valence-electron chi connectivity index (χ1n) is 14.6. The molecule has 2 aliphatic carbocycles. The van der Waals surface area contributed by atoms with Crippen molar-refractivity contribution in [3.8, 4) is 6.01 Å². The average molecular weight is 554 g/mol. The molecule has 10 heteroatoms. The highest BCUT2D eigenvalue weighted by atomic mass is 19.1. The summed E-state index contributed by atoms with van der Waals surface area (Å²) in [6.45, 7) is 3.39. The predicted octanol–water partition coefficient (Wildman–Crippen LogP) is 3.57. The summed E-state index contributed by atoms with van der Waals surface area (Å²) >= 11 is 0. The summed E-state index contributed by atoms with van der Waals surface area (Å²) in [6.07, 6.45) is 6.54. The van der Waals surface area contributed by atoms with Gasteiger partial charge in [-0.25, -0.2) is 9.18 Å². The molecule has 0 radical (unpaired) electrons. The molecule has 2 fully saturated rings. The zero-order valence-electron chi connectivity index (χ0n) is 23.6. The second-order valence-corrected chi connectivity index (χ2v) is 12.1. The number of aromatic nitrogens is 2. The van der Waals surface area contributed by atoms with Crippen molar-refractivity contribution >= 4 is 11.9 Å². The number of ether oxygens (including phenoxy) is 2. The van der Waals surface area contributed by atoms with Crippen LogP contribution in [0, 0.1) is 11.2 Å². The average Bonchev–Trinajstić information content (AvgIpc) is 3.35. The number of benzene rings is 1. The molecule has 2 aromatic rings. The summed E-state index contributed by atoms with van der Waals surface area (Å²) in [5, 5.41) is 9.73. The van der Waals surface area contributed by atoms with Crippen LogP contribution in [-0.4, -0.2) is 96.6 Å². The molecule has 2 saturated heterocycles. The van der Waals surface area contributed by atoms with Crippen LogP contribution >= 0.6 is 0 Å². The van der Waals surface area contributed by atoms with E-state index in [0.29, 0.717) is 44.9 Å². The van der Waals surface area contributed by atoms with Crippen molar-refractivity contribution in [2.75, 3.05) is 58.5 Å². The number of rotatable bonds is 6. The van der Waals surface area contributed by atoms with Crippen LogP contribution in [0.3, 0.4) is 0 Å². The summed E-state index contributed by atoms with van der Waals surface area (Å²) < 4.78 is 26.1. The van der Waals surface area contributed by atoms with Crippen molar-refractivity contribution in [3.63, 3.8) is 0 Å². The fourth-order valence-electron chi connectivity index (χ4n) is 7.35. The first kappa shape index (κ1) is 27.2. The summed E-state index contributed by atoms with van der Waals surface area (Å²) in [5.74, 6) is 0.773. The third-order valence-corrected chi connectivity index (χ3v) is 9.65. The van der Waals surface area contributed by atoms with Crippen LogP contribution in [0.5, 0.6) is 6.01 Å². The number of hydrogen-bond acceptors (Lipinski definition) is 7. The lowest BCUT2D eigenvalue weighted by Gasteiger charge is -2.44. The highest BCUT2D eigenvalue weighted by molar-refractivity contribution is 5.66. The number of fused-ring (bicyclic) bond motifs is 2. The fourth-order valence-corrected chi connectivity index (χ4v) is 7.35. The minimum absolute atomic E-state index is 0.0446. The van der Waals surface area contributed by atoms with Crippen LogP contribution in [0.15, 0.2) is 18.2 Å². The molecular weight excluding hydrogens is 513 g/mol. The topological polar surface area (TPSA) is 91.3 Å². The highest BCUT2D eigenvalue weighted by Crippen LogP contribution is 2.47. The number of likely N-dealkylation sites (tertiary alicyclic amines) is 1. The number of carboxylic acid groups (broad SMARTS) is 1. The predicted molar refractivity (Wildman–Crippen MR) is 149 cm³/mol. The van der Waals surface area contributed by atoms with E-state index in [0.717, 1.165) is 79.7 Å². The molecule has 4 aliphatic rings. The van der Waals surface area contributed by atoms with Crippen LogP contribution < -0.4 is 9.64 Å². The van der Waals surface area contributed by atoms with Gasteiger partial charge in [0.25, 0.3) is 0 Å². The molecule has 6 rings (SSSR count). The van der Waals surface area contributed by atoms with Gasteiger partial charge < -0.3 is 24.4 Å². The number of amides is 1. The first-order valence-corrected chi connectivity index (χ1v) is 14.6. The number of hydrogen-bond donors (Lipinski definition) is 1. The zero-order chi connectivity index (χ0) is 27.9. The Hall–Kier alpha value is -2.98. The molecule has 3 atom stereocenters. The second kappa shape index (κ2) is 11.1. The lowest BCUT2D eigenvalue weighted by Crippen LogP contribution is -2.57. The molecule has 3 heterocycles. The van der Waals surface area contributed by atoms with Gasteiger partial charge in [0, 0.05) is 38.3 Å². The lowest BCUT2D eigenvalue weighted by molar-refractivity contribution is 0.0734. The quantitative estimate of drug-likeness (QED) is 0.581. The number of piperazine rings is 1. The number of likely N-dealkylation sites (N-methyl/N-ethyl adjacent to an activating group) is 1. The molecule has 1 N–H and O–H groups in total. The normalized spacial score (nSPS) is 26.6. The molecular formula is C30H40FN5O4. The maximum absolute atomic E-state index is 14.5. The van der Waals surface area contributed by atoms with Crippen LogP contribution in [0.2, 0.25) is 0 Å².